The zero-order chi connectivity index (χ0) is 31.6. The lowest BCUT2D eigenvalue weighted by atomic mass is 9.64. The van der Waals surface area contributed by atoms with Crippen molar-refractivity contribution in [3.63, 3.8) is 0 Å². The molecule has 45 heavy (non-hydrogen) atoms. The molecule has 0 aliphatic carbocycles. The Morgan fingerprint density at radius 2 is 1.49 bits per heavy atom. The van der Waals surface area contributed by atoms with Gasteiger partial charge >= 0.3 is 0 Å². The van der Waals surface area contributed by atoms with Crippen LogP contribution >= 0.6 is 0 Å². The molecule has 3 heterocycles. The molecule has 11 nitrogen and oxygen atoms in total. The molecule has 4 aromatic rings. The molecule has 4 atom stereocenters. The van der Waals surface area contributed by atoms with Gasteiger partial charge in [-0.15, -0.1) is 0 Å². The molecule has 1 saturated heterocycles. The average Bonchev–Trinajstić information content (AvgIpc) is 3.52. The number of benzene rings is 4. The van der Waals surface area contributed by atoms with Gasteiger partial charge in [0.1, 0.15) is 11.5 Å². The Labute approximate surface area is 256 Å². The maximum Gasteiger partial charge on any atom is 0.270 e. The van der Waals surface area contributed by atoms with Crippen LogP contribution in [0.1, 0.15) is 38.8 Å². The van der Waals surface area contributed by atoms with Crippen molar-refractivity contribution in [2.75, 3.05) is 10.2 Å². The number of hydrogen-bond acceptors (Lipinski definition) is 8. The van der Waals surface area contributed by atoms with Gasteiger partial charge in [-0.3, -0.25) is 34.6 Å². The number of para-hydroxylation sites is 2. The van der Waals surface area contributed by atoms with Crippen LogP contribution in [-0.4, -0.2) is 39.4 Å². The number of non-ortho nitro benzene ring substituents is 2. The van der Waals surface area contributed by atoms with E-state index in [1.807, 2.05) is 42.2 Å². The van der Waals surface area contributed by atoms with Crippen LogP contribution in [0.3, 0.4) is 0 Å². The molecule has 0 unspecified atom stereocenters. The highest BCUT2D eigenvalue weighted by atomic mass is 16.6. The van der Waals surface area contributed by atoms with E-state index in [4.69, 9.17) is 0 Å². The normalized spacial score (nSPS) is 22.6. The van der Waals surface area contributed by atoms with E-state index in [-0.39, 0.29) is 22.5 Å². The Kier molecular flexibility index (Phi) is 6.22. The van der Waals surface area contributed by atoms with Crippen molar-refractivity contribution in [1.82, 2.24) is 0 Å². The number of hydrogen-bond donors (Lipinski definition) is 1. The van der Waals surface area contributed by atoms with Gasteiger partial charge in [0.2, 0.25) is 5.91 Å². The molecule has 11 heteroatoms. The molecule has 0 aromatic heterocycles. The Morgan fingerprint density at radius 1 is 0.800 bits per heavy atom. The number of rotatable bonds is 6. The maximum absolute atomic E-state index is 14.9. The largest absolute Gasteiger partial charge is 0.352 e. The fourth-order valence-corrected chi connectivity index (χ4v) is 7.26. The summed E-state index contributed by atoms with van der Waals surface area (Å²) in [5.74, 6) is -2.93. The molecule has 1 amide bonds. The van der Waals surface area contributed by atoms with Gasteiger partial charge in [0, 0.05) is 52.3 Å². The van der Waals surface area contributed by atoms with E-state index < -0.39 is 50.7 Å². The van der Waals surface area contributed by atoms with Gasteiger partial charge in [-0.2, -0.15) is 0 Å². The van der Waals surface area contributed by atoms with Crippen LogP contribution in [0.25, 0.3) is 5.57 Å². The smallest absolute Gasteiger partial charge is 0.270 e. The second-order valence-electron chi connectivity index (χ2n) is 11.4. The molecule has 0 bridgehead atoms. The van der Waals surface area contributed by atoms with E-state index in [1.165, 1.54) is 42.5 Å². The number of Topliss-reactive ketones (excluding diaryl/α,β-unsaturated/α-hetero) is 2. The van der Waals surface area contributed by atoms with Crippen LogP contribution in [0.2, 0.25) is 0 Å². The summed E-state index contributed by atoms with van der Waals surface area (Å²) in [4.78, 5) is 67.7. The molecule has 4 aromatic carbocycles. The number of ketones is 2. The summed E-state index contributed by atoms with van der Waals surface area (Å²) < 4.78 is 0. The molecular weight excluding hydrogens is 576 g/mol. The Morgan fingerprint density at radius 3 is 2.22 bits per heavy atom. The molecule has 1 fully saturated rings. The second-order valence-corrected chi connectivity index (χ2v) is 11.4. The molecule has 0 saturated carbocycles. The molecular formula is C34H24N4O7. The van der Waals surface area contributed by atoms with Crippen LogP contribution in [0, 0.1) is 26.1 Å². The topological polar surface area (TPSA) is 153 Å². The summed E-state index contributed by atoms with van der Waals surface area (Å²) in [7, 11) is 0. The Bertz CT molecular complexity index is 2000. The SMILES string of the molecule is CC1=C[C@@H]2N(c3ccccc31)[C@H](C(=O)c1ccc([N+](=O)[O-])cc1)[C@@H](C(=O)c1cccc([N+](=O)[O-])c1)[C@@]21C(=O)Nc2ccccc21. The summed E-state index contributed by atoms with van der Waals surface area (Å²) in [5, 5.41) is 26.0. The minimum atomic E-state index is -1.60. The van der Waals surface area contributed by atoms with Crippen molar-refractivity contribution >= 4 is 45.8 Å². The van der Waals surface area contributed by atoms with Gasteiger partial charge in [-0.25, -0.2) is 0 Å². The standard InChI is InChI=1S/C34H24N4O7/c1-19-17-28-34(25-10-3-4-11-26(25)35-33(34)41)29(31(39)21-7-6-8-23(18-21)38(44)45)30(36(28)27-12-5-2-9-24(19)27)32(40)20-13-15-22(16-14-20)37(42)43/h2-18,28-30H,1H3,(H,35,41)/t28-,29-,30-,34-/m0/s1. The van der Waals surface area contributed by atoms with Crippen molar-refractivity contribution in [1.29, 1.82) is 0 Å². The van der Waals surface area contributed by atoms with Gasteiger partial charge in [-0.1, -0.05) is 54.6 Å². The summed E-state index contributed by atoms with van der Waals surface area (Å²) in [6, 6.07) is 22.8. The van der Waals surface area contributed by atoms with E-state index in [9.17, 15) is 34.6 Å². The van der Waals surface area contributed by atoms with E-state index >= 15 is 0 Å². The van der Waals surface area contributed by atoms with Gasteiger partial charge in [0.15, 0.2) is 11.6 Å². The Hall–Kier alpha value is -5.97. The van der Waals surface area contributed by atoms with Crippen LogP contribution < -0.4 is 10.2 Å². The van der Waals surface area contributed by atoms with Crippen molar-refractivity contribution in [2.45, 2.75) is 24.4 Å². The van der Waals surface area contributed by atoms with Crippen molar-refractivity contribution < 1.29 is 24.2 Å². The highest BCUT2D eigenvalue weighted by molar-refractivity contribution is 6.18. The quantitative estimate of drug-likeness (QED) is 0.167. The predicted octanol–water partition coefficient (Wildman–Crippen LogP) is 5.75. The molecule has 1 N–H and O–H groups in total. The van der Waals surface area contributed by atoms with Crippen LogP contribution in [0.5, 0.6) is 0 Å². The molecule has 7 rings (SSSR count). The van der Waals surface area contributed by atoms with E-state index in [1.54, 1.807) is 24.3 Å². The number of nitrogens with one attached hydrogen (secondary N) is 1. The molecule has 1 spiro atoms. The van der Waals surface area contributed by atoms with Crippen LogP contribution in [0.15, 0.2) is 103 Å². The first-order valence-electron chi connectivity index (χ1n) is 14.2. The summed E-state index contributed by atoms with van der Waals surface area (Å²) in [6.07, 6.45) is 1.90. The number of nitrogens with zero attached hydrogens (tertiary/aromatic N) is 3. The highest BCUT2D eigenvalue weighted by Gasteiger charge is 2.70. The van der Waals surface area contributed by atoms with Crippen molar-refractivity contribution in [3.05, 3.63) is 146 Å². The minimum Gasteiger partial charge on any atom is -0.352 e. The van der Waals surface area contributed by atoms with Gasteiger partial charge in [-0.05, 0) is 42.3 Å². The number of nitro benzene ring substituents is 2. The lowest BCUT2D eigenvalue weighted by Gasteiger charge is -2.39. The Balaban J connectivity index is 1.53. The van der Waals surface area contributed by atoms with E-state index in [0.717, 1.165) is 17.2 Å². The monoisotopic (exact) mass is 600 g/mol. The van der Waals surface area contributed by atoms with E-state index in [0.29, 0.717) is 16.9 Å². The molecule has 222 valence electrons. The van der Waals surface area contributed by atoms with Gasteiger partial charge < -0.3 is 10.2 Å². The fraction of sp³-hybridized carbons (Fsp3) is 0.147. The number of fused-ring (bicyclic) bond motifs is 6. The number of nitro groups is 2. The first kappa shape index (κ1) is 27.8. The van der Waals surface area contributed by atoms with Crippen LogP contribution in [0.4, 0.5) is 22.7 Å². The number of amides is 1. The molecule has 0 radical (unpaired) electrons. The lowest BCUT2D eigenvalue weighted by molar-refractivity contribution is -0.385. The summed E-state index contributed by atoms with van der Waals surface area (Å²) >= 11 is 0. The third-order valence-electron chi connectivity index (χ3n) is 9.14. The fourth-order valence-electron chi connectivity index (χ4n) is 7.26. The molecule has 3 aliphatic heterocycles. The lowest BCUT2D eigenvalue weighted by Crippen LogP contribution is -2.51. The first-order valence-corrected chi connectivity index (χ1v) is 14.2. The number of anilines is 2. The third-order valence-corrected chi connectivity index (χ3v) is 9.14. The number of allylic oxidation sites excluding steroid dienone is 1. The van der Waals surface area contributed by atoms with Gasteiger partial charge in [0.25, 0.3) is 11.4 Å². The highest BCUT2D eigenvalue weighted by Crippen LogP contribution is 2.58. The number of carbonyl (C=O) groups excluding carboxylic acids is 3. The average molecular weight is 601 g/mol. The van der Waals surface area contributed by atoms with Crippen molar-refractivity contribution in [2.24, 2.45) is 5.92 Å². The van der Waals surface area contributed by atoms with E-state index in [2.05, 4.69) is 5.32 Å². The van der Waals surface area contributed by atoms with Crippen LogP contribution in [-0.2, 0) is 10.2 Å². The zero-order valence-electron chi connectivity index (χ0n) is 23.7. The van der Waals surface area contributed by atoms with Gasteiger partial charge in [0.05, 0.1) is 21.8 Å². The third kappa shape index (κ3) is 3.93. The second kappa shape index (κ2) is 10.1. The summed E-state index contributed by atoms with van der Waals surface area (Å²) in [6.45, 7) is 1.91. The van der Waals surface area contributed by atoms with Crippen molar-refractivity contribution in [3.8, 4) is 0 Å². The minimum absolute atomic E-state index is 0.0129. The maximum atomic E-state index is 14.9. The number of carbonyl (C=O) groups is 3. The molecule has 3 aliphatic rings. The predicted molar refractivity (Wildman–Crippen MR) is 165 cm³/mol. The first-order chi connectivity index (χ1) is 21.6. The zero-order valence-corrected chi connectivity index (χ0v) is 23.7. The summed E-state index contributed by atoms with van der Waals surface area (Å²) in [5.41, 5.74) is 1.36.